The maximum absolute atomic E-state index is 8.90. The maximum Gasteiger partial charge on any atom is 0.114 e. The summed E-state index contributed by atoms with van der Waals surface area (Å²) in [6.07, 6.45) is 4.68. The molecule has 0 saturated heterocycles. The van der Waals surface area contributed by atoms with Crippen molar-refractivity contribution in [3.63, 3.8) is 0 Å². The van der Waals surface area contributed by atoms with Gasteiger partial charge in [-0.3, -0.25) is 0 Å². The molecule has 0 fully saturated rings. The first-order valence-corrected chi connectivity index (χ1v) is 2.85. The van der Waals surface area contributed by atoms with Gasteiger partial charge in [0.15, 0.2) is 0 Å². The lowest BCUT2D eigenvalue weighted by molar-refractivity contribution is 0.184. The molecule has 2 aliphatic rings. The van der Waals surface area contributed by atoms with E-state index >= 15 is 0 Å². The molecule has 0 aromatic carbocycles. The van der Waals surface area contributed by atoms with Crippen LogP contribution in [0.15, 0.2) is 24.7 Å². The van der Waals surface area contributed by atoms with Gasteiger partial charge in [-0.1, -0.05) is 0 Å². The van der Waals surface area contributed by atoms with E-state index in [1.165, 1.54) is 12.4 Å². The summed E-state index contributed by atoms with van der Waals surface area (Å²) in [5.41, 5.74) is 1.63. The normalized spacial score (nSPS) is 10.4. The van der Waals surface area contributed by atoms with Crippen molar-refractivity contribution in [2.75, 3.05) is 0 Å². The number of nitrogens with zero attached hydrogens (tertiary/aromatic N) is 3. The van der Waals surface area contributed by atoms with Crippen molar-refractivity contribution in [1.29, 1.82) is 0 Å². The van der Waals surface area contributed by atoms with E-state index in [4.69, 9.17) is 5.21 Å². The van der Waals surface area contributed by atoms with Crippen molar-refractivity contribution in [2.45, 2.75) is 0 Å². The van der Waals surface area contributed by atoms with Gasteiger partial charge in [0.1, 0.15) is 5.69 Å². The van der Waals surface area contributed by atoms with Crippen molar-refractivity contribution in [3.05, 3.63) is 24.7 Å². The van der Waals surface area contributed by atoms with Crippen molar-refractivity contribution in [2.24, 2.45) is 0 Å². The molecule has 0 bridgehead atoms. The van der Waals surface area contributed by atoms with Gasteiger partial charge in [-0.05, 0) is 6.07 Å². The van der Waals surface area contributed by atoms with E-state index in [1.807, 2.05) is 0 Å². The Morgan fingerprint density at radius 2 is 2.40 bits per heavy atom. The minimum Gasteiger partial charge on any atom is -0.429 e. The van der Waals surface area contributed by atoms with Crippen LogP contribution in [-0.2, 0) is 0 Å². The number of fused-ring (bicyclic) bond motifs is 1. The Labute approximate surface area is 57.0 Å². The molecular weight excluding hydrogens is 130 g/mol. The third kappa shape index (κ3) is 0.621. The summed E-state index contributed by atoms with van der Waals surface area (Å²) in [5.74, 6) is 0. The summed E-state index contributed by atoms with van der Waals surface area (Å²) < 4.78 is 0.955. The van der Waals surface area contributed by atoms with Crippen LogP contribution in [0.5, 0.6) is 0 Å². The Hall–Kier alpha value is -1.58. The molecule has 0 aliphatic carbocycles. The maximum atomic E-state index is 8.90. The Balaban J connectivity index is 2.75. The molecule has 0 spiro atoms. The average Bonchev–Trinajstić information content (AvgIpc) is 2.33. The van der Waals surface area contributed by atoms with E-state index < -0.39 is 0 Å². The van der Waals surface area contributed by atoms with Crippen LogP contribution in [0, 0.1) is 0 Å². The summed E-state index contributed by atoms with van der Waals surface area (Å²) in [7, 11) is 0. The van der Waals surface area contributed by atoms with Gasteiger partial charge in [-0.2, -0.15) is 9.83 Å². The number of aromatic nitrogens is 3. The van der Waals surface area contributed by atoms with Gasteiger partial charge >= 0.3 is 0 Å². The summed E-state index contributed by atoms with van der Waals surface area (Å²) >= 11 is 0. The summed E-state index contributed by atoms with van der Waals surface area (Å²) in [4.78, 5) is 0. The smallest absolute Gasteiger partial charge is 0.114 e. The zero-order valence-corrected chi connectivity index (χ0v) is 5.10. The summed E-state index contributed by atoms with van der Waals surface area (Å²) in [6, 6.07) is 1.75. The highest BCUT2D eigenvalue weighted by molar-refractivity contribution is 5.57. The van der Waals surface area contributed by atoms with Crippen LogP contribution < -0.4 is 0 Å². The molecule has 2 rings (SSSR count). The van der Waals surface area contributed by atoms with E-state index in [-0.39, 0.29) is 0 Å². The molecule has 4 heteroatoms. The second-order valence-electron chi connectivity index (χ2n) is 2.01. The predicted octanol–water partition coefficient (Wildman–Crippen LogP) is 0.620. The lowest BCUT2D eigenvalue weighted by atomic mass is 10.2. The van der Waals surface area contributed by atoms with Crippen molar-refractivity contribution in [3.8, 4) is 11.3 Å². The molecule has 0 unspecified atom stereocenters. The highest BCUT2D eigenvalue weighted by Gasteiger charge is 2.02. The fourth-order valence-corrected chi connectivity index (χ4v) is 0.831. The molecule has 4 nitrogen and oxygen atoms in total. The van der Waals surface area contributed by atoms with Crippen LogP contribution in [0.25, 0.3) is 11.3 Å². The first-order valence-electron chi connectivity index (χ1n) is 2.85. The Kier molecular flexibility index (Phi) is 0.887. The Morgan fingerprint density at radius 3 is 3.30 bits per heavy atom. The molecule has 0 atom stereocenters. The lowest BCUT2D eigenvalue weighted by Gasteiger charge is -1.97. The number of rotatable bonds is 0. The molecular formula is C6H5N3O. The first kappa shape index (κ1) is 5.22. The lowest BCUT2D eigenvalue weighted by Crippen LogP contribution is -1.91. The van der Waals surface area contributed by atoms with Gasteiger partial charge in [0.2, 0.25) is 0 Å². The highest BCUT2D eigenvalue weighted by atomic mass is 16.5. The first-order chi connectivity index (χ1) is 4.86. The van der Waals surface area contributed by atoms with Crippen LogP contribution in [0.3, 0.4) is 0 Å². The van der Waals surface area contributed by atoms with Gasteiger partial charge in [0.25, 0.3) is 0 Å². The monoisotopic (exact) mass is 135 g/mol. The quantitative estimate of drug-likeness (QED) is 0.539. The molecule has 0 saturated carbocycles. The standard InChI is InChI=1S/C6H5N3O/c10-9-2-1-5-3-7-8-6(5)4-9/h1-4,10H. The highest BCUT2D eigenvalue weighted by Crippen LogP contribution is 2.15. The summed E-state index contributed by atoms with van der Waals surface area (Å²) in [6.45, 7) is 0. The van der Waals surface area contributed by atoms with E-state index in [2.05, 4.69) is 10.2 Å². The molecule has 2 heterocycles. The van der Waals surface area contributed by atoms with Crippen molar-refractivity contribution >= 4 is 0 Å². The Bertz CT molecular complexity index is 317. The van der Waals surface area contributed by atoms with E-state index in [0.29, 0.717) is 5.69 Å². The van der Waals surface area contributed by atoms with Gasteiger partial charge in [0.05, 0.1) is 12.4 Å². The molecule has 0 radical (unpaired) electrons. The number of hydrogen-bond acceptors (Lipinski definition) is 3. The van der Waals surface area contributed by atoms with Gasteiger partial charge in [0, 0.05) is 11.8 Å². The summed E-state index contributed by atoms with van der Waals surface area (Å²) in [5, 5.41) is 16.3. The minimum atomic E-state index is 0.699. The molecule has 0 aromatic rings. The molecule has 1 N–H and O–H groups in total. The zero-order valence-electron chi connectivity index (χ0n) is 5.10. The Morgan fingerprint density at radius 1 is 1.50 bits per heavy atom. The van der Waals surface area contributed by atoms with Crippen LogP contribution in [0.2, 0.25) is 0 Å². The number of hydrogen-bond donors (Lipinski definition) is 1. The number of pyridine rings is 1. The SMILES string of the molecule is On1ccc2cnnc-2c1. The molecule has 2 aliphatic heterocycles. The third-order valence-electron chi connectivity index (χ3n) is 1.32. The molecule has 10 heavy (non-hydrogen) atoms. The van der Waals surface area contributed by atoms with Gasteiger partial charge in [-0.15, -0.1) is 5.10 Å². The third-order valence-corrected chi connectivity index (χ3v) is 1.32. The van der Waals surface area contributed by atoms with Crippen LogP contribution in [0.1, 0.15) is 0 Å². The molecule has 0 amide bonds. The van der Waals surface area contributed by atoms with Crippen molar-refractivity contribution < 1.29 is 5.21 Å². The van der Waals surface area contributed by atoms with Crippen molar-refractivity contribution in [1.82, 2.24) is 14.9 Å². The molecule has 0 aromatic heterocycles. The van der Waals surface area contributed by atoms with E-state index in [0.717, 1.165) is 10.3 Å². The van der Waals surface area contributed by atoms with Gasteiger partial charge in [-0.25, -0.2) is 0 Å². The topological polar surface area (TPSA) is 50.9 Å². The second-order valence-corrected chi connectivity index (χ2v) is 2.01. The average molecular weight is 135 g/mol. The minimum absolute atomic E-state index is 0.699. The van der Waals surface area contributed by atoms with E-state index in [9.17, 15) is 0 Å². The fraction of sp³-hybridized carbons (Fsp3) is 0. The predicted molar refractivity (Wildman–Crippen MR) is 33.8 cm³/mol. The van der Waals surface area contributed by atoms with Gasteiger partial charge < -0.3 is 5.21 Å². The van der Waals surface area contributed by atoms with Crippen LogP contribution >= 0.6 is 0 Å². The second kappa shape index (κ2) is 1.70. The fourth-order valence-electron chi connectivity index (χ4n) is 0.831. The van der Waals surface area contributed by atoms with Crippen LogP contribution in [-0.4, -0.2) is 20.1 Å². The molecule has 50 valence electrons. The van der Waals surface area contributed by atoms with Crippen LogP contribution in [0.4, 0.5) is 0 Å². The zero-order chi connectivity index (χ0) is 6.97. The van der Waals surface area contributed by atoms with E-state index in [1.54, 1.807) is 12.3 Å². The largest absolute Gasteiger partial charge is 0.429 e.